The Morgan fingerprint density at radius 3 is 0.429 bits per heavy atom. The van der Waals surface area contributed by atoms with Crippen LogP contribution in [0.15, 0.2) is 109 Å². The molecule has 0 aliphatic rings. The molecule has 450 valence electrons. The van der Waals surface area contributed by atoms with Crippen molar-refractivity contribution in [2.24, 2.45) is 0 Å². The minimum absolute atomic E-state index is 0.707. The van der Waals surface area contributed by atoms with Gasteiger partial charge in [-0.15, -0.1) is 0 Å². The SMILES string of the molecule is COc1ccc(CSCc2c(CSCc3ccc(OC)c(OC)c3)c(CSCc3ccc(OC)c(OC)c3)c(CSCc3ccc(OC)c(OC)c3)c(CSCc3ccc(OC)c(OC)c3)c2CSCc2ccc(OC)c(OC)c2)cc1OC. The second kappa shape index (κ2) is 34.4. The molecule has 0 spiro atoms. The lowest BCUT2D eigenvalue weighted by Gasteiger charge is -2.27. The first-order valence-corrected chi connectivity index (χ1v) is 33.9. The molecule has 0 fully saturated rings. The van der Waals surface area contributed by atoms with E-state index in [2.05, 4.69) is 72.8 Å². The van der Waals surface area contributed by atoms with Crippen LogP contribution < -0.4 is 56.8 Å². The molecule has 0 saturated heterocycles. The van der Waals surface area contributed by atoms with Gasteiger partial charge in [0.2, 0.25) is 0 Å². The third-order valence-electron chi connectivity index (χ3n) is 14.0. The van der Waals surface area contributed by atoms with E-state index >= 15 is 0 Å². The number of ether oxygens (including phenoxy) is 12. The molecule has 0 heterocycles. The first-order chi connectivity index (χ1) is 41.1. The number of thioether (sulfide) groups is 6. The highest BCUT2D eigenvalue weighted by molar-refractivity contribution is 7.99. The van der Waals surface area contributed by atoms with Crippen molar-refractivity contribution in [3.05, 3.63) is 176 Å². The topological polar surface area (TPSA) is 111 Å². The van der Waals surface area contributed by atoms with Crippen molar-refractivity contribution in [2.75, 3.05) is 85.3 Å². The zero-order valence-corrected chi connectivity index (χ0v) is 55.1. The van der Waals surface area contributed by atoms with Gasteiger partial charge in [0.05, 0.1) is 85.3 Å². The van der Waals surface area contributed by atoms with Crippen molar-refractivity contribution in [3.8, 4) is 69.0 Å². The lowest BCUT2D eigenvalue weighted by atomic mass is 9.90. The van der Waals surface area contributed by atoms with Crippen LogP contribution in [-0.4, -0.2) is 85.3 Å². The number of rotatable bonds is 36. The molecule has 0 unspecified atom stereocenters. The van der Waals surface area contributed by atoms with E-state index in [1.165, 1.54) is 33.4 Å². The molecule has 0 saturated carbocycles. The molecular formula is C66H78O12S6. The number of methoxy groups -OCH3 is 12. The molecule has 84 heavy (non-hydrogen) atoms. The van der Waals surface area contributed by atoms with Gasteiger partial charge in [0.25, 0.3) is 0 Å². The zero-order valence-electron chi connectivity index (χ0n) is 50.2. The predicted octanol–water partition coefficient (Wildman–Crippen LogP) is 16.4. The molecule has 12 nitrogen and oxygen atoms in total. The Bertz CT molecular complexity index is 2660. The van der Waals surface area contributed by atoms with Crippen LogP contribution in [0.3, 0.4) is 0 Å². The van der Waals surface area contributed by atoms with E-state index in [1.807, 2.05) is 107 Å². The molecule has 0 aliphatic heterocycles. The van der Waals surface area contributed by atoms with Crippen molar-refractivity contribution in [1.29, 1.82) is 0 Å². The minimum Gasteiger partial charge on any atom is -0.493 e. The first-order valence-electron chi connectivity index (χ1n) is 27.0. The molecule has 7 rings (SSSR count). The van der Waals surface area contributed by atoms with Gasteiger partial charge in [-0.1, -0.05) is 36.4 Å². The van der Waals surface area contributed by atoms with Crippen LogP contribution in [0.2, 0.25) is 0 Å². The van der Waals surface area contributed by atoms with Crippen LogP contribution in [0.5, 0.6) is 69.0 Å². The van der Waals surface area contributed by atoms with Gasteiger partial charge in [0, 0.05) is 69.0 Å². The quantitative estimate of drug-likeness (QED) is 0.0371. The number of benzene rings is 7. The summed E-state index contributed by atoms with van der Waals surface area (Å²) in [6.07, 6.45) is 0. The van der Waals surface area contributed by atoms with Gasteiger partial charge >= 0.3 is 0 Å². The van der Waals surface area contributed by atoms with Gasteiger partial charge in [-0.05, 0) is 140 Å². The van der Waals surface area contributed by atoms with E-state index in [0.717, 1.165) is 102 Å². The summed E-state index contributed by atoms with van der Waals surface area (Å²) in [6.45, 7) is 0. The van der Waals surface area contributed by atoms with Crippen LogP contribution in [0.1, 0.15) is 66.8 Å². The maximum atomic E-state index is 5.80. The Morgan fingerprint density at radius 2 is 0.310 bits per heavy atom. The summed E-state index contributed by atoms with van der Waals surface area (Å²) in [5.41, 5.74) is 15.3. The van der Waals surface area contributed by atoms with Gasteiger partial charge < -0.3 is 56.8 Å². The van der Waals surface area contributed by atoms with Gasteiger partial charge in [-0.3, -0.25) is 0 Å². The standard InChI is InChI=1S/C66H78O12S6/c1-67-55-19-13-43(25-61(55)73-7)31-79-37-49-50(38-80-32-44-14-20-56(68-2)62(26-44)74-8)52(40-82-34-46-16-22-58(70-4)64(28-46)76-10)54(42-84-36-48-18-24-60(72-6)66(30-48)78-12)53(41-83-35-47-17-23-59(71-5)65(29-47)77-11)51(49)39-81-33-45-15-21-57(69-3)63(27-45)75-9/h13-30H,31-42H2,1-12H3. The normalized spacial score (nSPS) is 11.0. The van der Waals surface area contributed by atoms with Gasteiger partial charge in [-0.2, -0.15) is 70.6 Å². The fourth-order valence-electron chi connectivity index (χ4n) is 9.59. The van der Waals surface area contributed by atoms with Crippen LogP contribution >= 0.6 is 70.6 Å². The van der Waals surface area contributed by atoms with Gasteiger partial charge in [0.15, 0.2) is 69.0 Å². The molecule has 7 aromatic carbocycles. The minimum atomic E-state index is 0.707. The lowest BCUT2D eigenvalue weighted by molar-refractivity contribution is 0.354. The predicted molar refractivity (Wildman–Crippen MR) is 354 cm³/mol. The van der Waals surface area contributed by atoms with E-state index in [4.69, 9.17) is 56.8 Å². The maximum absolute atomic E-state index is 5.80. The first kappa shape index (κ1) is 65.8. The Hall–Kier alpha value is -5.76. The molecule has 0 aromatic heterocycles. The third-order valence-corrected chi connectivity index (χ3v) is 20.1. The van der Waals surface area contributed by atoms with Crippen LogP contribution in [0, 0.1) is 0 Å². The van der Waals surface area contributed by atoms with E-state index in [9.17, 15) is 0 Å². The second-order valence-electron chi connectivity index (χ2n) is 19.0. The molecule has 0 amide bonds. The van der Waals surface area contributed by atoms with Crippen molar-refractivity contribution in [2.45, 2.75) is 69.0 Å². The summed E-state index contributed by atoms with van der Waals surface area (Å²) in [5, 5.41) is 0. The largest absolute Gasteiger partial charge is 0.493 e. The average molecular weight is 1260 g/mol. The highest BCUT2D eigenvalue weighted by atomic mass is 32.2. The van der Waals surface area contributed by atoms with Crippen LogP contribution in [0.25, 0.3) is 0 Å². The molecule has 18 heteroatoms. The second-order valence-corrected chi connectivity index (χ2v) is 24.9. The number of hydrogen-bond acceptors (Lipinski definition) is 18. The van der Waals surface area contributed by atoms with Crippen molar-refractivity contribution in [1.82, 2.24) is 0 Å². The monoisotopic (exact) mass is 1250 g/mol. The van der Waals surface area contributed by atoms with Gasteiger partial charge in [0.1, 0.15) is 0 Å². The van der Waals surface area contributed by atoms with Crippen LogP contribution in [0.4, 0.5) is 0 Å². The molecule has 7 aromatic rings. The van der Waals surface area contributed by atoms with Crippen molar-refractivity contribution >= 4 is 70.6 Å². The zero-order chi connectivity index (χ0) is 59.8. The average Bonchev–Trinajstić information content (AvgIpc) is 2.96. The fourth-order valence-corrected chi connectivity index (χ4v) is 16.0. The fraction of sp³-hybridized carbons (Fsp3) is 0.364. The van der Waals surface area contributed by atoms with E-state index in [1.54, 1.807) is 85.3 Å². The summed E-state index contributed by atoms with van der Waals surface area (Å²) in [7, 11) is 20.2. The third kappa shape index (κ3) is 17.7. The smallest absolute Gasteiger partial charge is 0.161 e. The number of hydrogen-bond donors (Lipinski definition) is 0. The van der Waals surface area contributed by atoms with Crippen molar-refractivity contribution in [3.63, 3.8) is 0 Å². The summed E-state index contributed by atoms with van der Waals surface area (Å²) >= 11 is 11.6. The molecule has 0 atom stereocenters. The Labute approximate surface area is 523 Å². The Balaban J connectivity index is 1.42. The molecule has 0 radical (unpaired) electrons. The van der Waals surface area contributed by atoms with E-state index in [-0.39, 0.29) is 0 Å². The summed E-state index contributed by atoms with van der Waals surface area (Å²) in [4.78, 5) is 0. The lowest BCUT2D eigenvalue weighted by Crippen LogP contribution is -2.12. The molecular weight excluding hydrogens is 1180 g/mol. The molecule has 0 aliphatic carbocycles. The highest BCUT2D eigenvalue weighted by Crippen LogP contribution is 2.44. The molecule has 0 bridgehead atoms. The summed E-state index contributed by atoms with van der Waals surface area (Å²) < 4.78 is 68.7. The summed E-state index contributed by atoms with van der Waals surface area (Å²) in [5.74, 6) is 17.9. The Kier molecular flexibility index (Phi) is 26.9. The van der Waals surface area contributed by atoms with Gasteiger partial charge in [-0.25, -0.2) is 0 Å². The van der Waals surface area contributed by atoms with E-state index < -0.39 is 0 Å². The molecule has 0 N–H and O–H groups in total. The Morgan fingerprint density at radius 1 is 0.179 bits per heavy atom. The van der Waals surface area contributed by atoms with Crippen molar-refractivity contribution < 1.29 is 56.8 Å². The highest BCUT2D eigenvalue weighted by Gasteiger charge is 2.26. The maximum Gasteiger partial charge on any atom is 0.161 e. The van der Waals surface area contributed by atoms with Crippen LogP contribution in [-0.2, 0) is 69.0 Å². The summed E-state index contributed by atoms with van der Waals surface area (Å²) in [6, 6.07) is 37.4. The van der Waals surface area contributed by atoms with E-state index in [0.29, 0.717) is 69.0 Å².